The molecule has 1 unspecified atom stereocenters. The quantitative estimate of drug-likeness (QED) is 0.532. The van der Waals surface area contributed by atoms with Gasteiger partial charge in [0, 0.05) is 35.8 Å². The number of hydrogen-bond donors (Lipinski definition) is 3. The summed E-state index contributed by atoms with van der Waals surface area (Å²) in [6.07, 6.45) is 5.37. The molecule has 180 valence electrons. The SMILES string of the molecule is C[C@@H]1CC(Nc2nc(-c3c[nH]c4ncc(F)cc34)ncc2F)C[C@H](NC(=O)N2CC[C@H](F)C2)C1. The molecule has 3 N–H and O–H groups in total. The summed E-state index contributed by atoms with van der Waals surface area (Å²) in [5.74, 6) is -0.512. The van der Waals surface area contributed by atoms with Gasteiger partial charge in [0.15, 0.2) is 17.5 Å². The fraction of sp³-hybridized carbons (Fsp3) is 0.478. The maximum atomic E-state index is 14.6. The number of nitrogens with one attached hydrogen (secondary N) is 3. The van der Waals surface area contributed by atoms with Gasteiger partial charge in [0.2, 0.25) is 0 Å². The highest BCUT2D eigenvalue weighted by Gasteiger charge is 2.32. The van der Waals surface area contributed by atoms with Gasteiger partial charge >= 0.3 is 6.03 Å². The minimum atomic E-state index is -0.968. The number of carbonyl (C=O) groups is 1. The predicted molar refractivity (Wildman–Crippen MR) is 121 cm³/mol. The van der Waals surface area contributed by atoms with Crippen LogP contribution in [0.4, 0.5) is 23.8 Å². The van der Waals surface area contributed by atoms with E-state index in [0.29, 0.717) is 36.0 Å². The van der Waals surface area contributed by atoms with E-state index in [4.69, 9.17) is 0 Å². The number of amides is 2. The highest BCUT2D eigenvalue weighted by atomic mass is 19.1. The standard InChI is InChI=1S/C23H26F3N7O/c1-12-4-15(7-16(5-12)31-23(34)33-3-2-13(24)11-33)30-22-19(26)10-29-21(32-22)18-9-28-20-17(18)6-14(25)8-27-20/h6,8-10,12-13,15-16H,2-5,7,11H2,1H3,(H,27,28)(H,31,34)(H,29,30,32)/t12-,13+,15?,16-/m1/s1. The Morgan fingerprint density at radius 3 is 2.79 bits per heavy atom. The van der Waals surface area contributed by atoms with E-state index in [1.54, 1.807) is 6.20 Å². The zero-order chi connectivity index (χ0) is 23.8. The molecule has 1 saturated carbocycles. The highest BCUT2D eigenvalue weighted by Crippen LogP contribution is 2.30. The lowest BCUT2D eigenvalue weighted by atomic mass is 9.83. The topological polar surface area (TPSA) is 98.8 Å². The van der Waals surface area contributed by atoms with Crippen LogP contribution in [-0.2, 0) is 0 Å². The van der Waals surface area contributed by atoms with Gasteiger partial charge in [-0.2, -0.15) is 0 Å². The fourth-order valence-corrected chi connectivity index (χ4v) is 4.96. The van der Waals surface area contributed by atoms with E-state index < -0.39 is 17.8 Å². The molecule has 5 rings (SSSR count). The third-order valence-corrected chi connectivity index (χ3v) is 6.51. The molecule has 1 aliphatic carbocycles. The van der Waals surface area contributed by atoms with Crippen molar-refractivity contribution in [3.05, 3.63) is 36.3 Å². The van der Waals surface area contributed by atoms with Crippen molar-refractivity contribution in [2.24, 2.45) is 5.92 Å². The fourth-order valence-electron chi connectivity index (χ4n) is 4.96. The molecular formula is C23H26F3N7O. The first-order chi connectivity index (χ1) is 16.4. The Labute approximate surface area is 194 Å². The van der Waals surface area contributed by atoms with Crippen LogP contribution in [0.25, 0.3) is 22.4 Å². The summed E-state index contributed by atoms with van der Waals surface area (Å²) in [5, 5.41) is 6.68. The Balaban J connectivity index is 1.31. The van der Waals surface area contributed by atoms with Gasteiger partial charge in [0.05, 0.1) is 18.9 Å². The molecular weight excluding hydrogens is 447 g/mol. The predicted octanol–water partition coefficient (Wildman–Crippen LogP) is 4.02. The van der Waals surface area contributed by atoms with Crippen molar-refractivity contribution in [1.82, 2.24) is 30.2 Å². The lowest BCUT2D eigenvalue weighted by molar-refractivity contribution is 0.191. The Kier molecular flexibility index (Phi) is 6.01. The molecule has 1 saturated heterocycles. The van der Waals surface area contributed by atoms with Gasteiger partial charge in [-0.1, -0.05) is 6.92 Å². The van der Waals surface area contributed by atoms with E-state index in [-0.39, 0.29) is 42.2 Å². The summed E-state index contributed by atoms with van der Waals surface area (Å²) in [4.78, 5) is 29.4. The van der Waals surface area contributed by atoms with Crippen LogP contribution in [0.5, 0.6) is 0 Å². The smallest absolute Gasteiger partial charge is 0.317 e. The van der Waals surface area contributed by atoms with Gasteiger partial charge in [0.25, 0.3) is 0 Å². The molecule has 11 heteroatoms. The van der Waals surface area contributed by atoms with Crippen molar-refractivity contribution in [1.29, 1.82) is 0 Å². The van der Waals surface area contributed by atoms with E-state index >= 15 is 0 Å². The maximum Gasteiger partial charge on any atom is 0.317 e. The van der Waals surface area contributed by atoms with Crippen LogP contribution in [-0.4, -0.2) is 62.2 Å². The number of fused-ring (bicyclic) bond motifs is 1. The lowest BCUT2D eigenvalue weighted by Gasteiger charge is -2.35. The molecule has 3 aromatic heterocycles. The second kappa shape index (κ2) is 9.11. The van der Waals surface area contributed by atoms with Gasteiger partial charge in [-0.3, -0.25) is 0 Å². The second-order valence-electron chi connectivity index (χ2n) is 9.27. The molecule has 3 aromatic rings. The molecule has 4 heterocycles. The molecule has 4 atom stereocenters. The highest BCUT2D eigenvalue weighted by molar-refractivity contribution is 5.91. The summed E-state index contributed by atoms with van der Waals surface area (Å²) < 4.78 is 41.8. The number of H-pyrrole nitrogens is 1. The molecule has 2 amide bonds. The monoisotopic (exact) mass is 473 g/mol. The van der Waals surface area contributed by atoms with Gasteiger partial charge in [-0.15, -0.1) is 0 Å². The van der Waals surface area contributed by atoms with Crippen molar-refractivity contribution in [3.8, 4) is 11.4 Å². The minimum absolute atomic E-state index is 0.0488. The summed E-state index contributed by atoms with van der Waals surface area (Å²) in [5.41, 5.74) is 1.000. The van der Waals surface area contributed by atoms with E-state index in [1.807, 2.05) is 0 Å². The normalized spacial score (nSPS) is 25.0. The van der Waals surface area contributed by atoms with E-state index in [9.17, 15) is 18.0 Å². The number of likely N-dealkylation sites (tertiary alicyclic amines) is 1. The van der Waals surface area contributed by atoms with Gasteiger partial charge < -0.3 is 20.5 Å². The summed E-state index contributed by atoms with van der Waals surface area (Å²) >= 11 is 0. The summed E-state index contributed by atoms with van der Waals surface area (Å²) in [6, 6.07) is 0.837. The van der Waals surface area contributed by atoms with Crippen LogP contribution in [0.1, 0.15) is 32.6 Å². The Hall–Kier alpha value is -3.37. The van der Waals surface area contributed by atoms with Crippen molar-refractivity contribution < 1.29 is 18.0 Å². The van der Waals surface area contributed by atoms with E-state index in [1.165, 1.54) is 11.0 Å². The third-order valence-electron chi connectivity index (χ3n) is 6.51. The first-order valence-electron chi connectivity index (χ1n) is 11.5. The molecule has 0 bridgehead atoms. The number of rotatable bonds is 4. The van der Waals surface area contributed by atoms with Gasteiger partial charge in [-0.05, 0) is 37.7 Å². The lowest BCUT2D eigenvalue weighted by Crippen LogP contribution is -2.48. The molecule has 2 fully saturated rings. The van der Waals surface area contributed by atoms with Crippen molar-refractivity contribution in [2.75, 3.05) is 18.4 Å². The van der Waals surface area contributed by atoms with E-state index in [0.717, 1.165) is 25.2 Å². The maximum absolute atomic E-state index is 14.6. The Bertz CT molecular complexity index is 1200. The number of alkyl halides is 1. The minimum Gasteiger partial charge on any atom is -0.365 e. The number of halogens is 3. The summed E-state index contributed by atoms with van der Waals surface area (Å²) in [6.45, 7) is 2.62. The van der Waals surface area contributed by atoms with Gasteiger partial charge in [0.1, 0.15) is 17.6 Å². The molecule has 8 nitrogen and oxygen atoms in total. The number of anilines is 1. The van der Waals surface area contributed by atoms with Crippen molar-refractivity contribution in [2.45, 2.75) is 50.9 Å². The van der Waals surface area contributed by atoms with E-state index in [2.05, 4.69) is 37.5 Å². The van der Waals surface area contributed by atoms with Crippen LogP contribution >= 0.6 is 0 Å². The molecule has 0 aromatic carbocycles. The number of pyridine rings is 1. The Morgan fingerprint density at radius 2 is 2.00 bits per heavy atom. The molecule has 34 heavy (non-hydrogen) atoms. The van der Waals surface area contributed by atoms with Crippen LogP contribution in [0, 0.1) is 17.6 Å². The number of aromatic amines is 1. The molecule has 1 aliphatic heterocycles. The van der Waals surface area contributed by atoms with Crippen LogP contribution in [0.2, 0.25) is 0 Å². The first kappa shape index (κ1) is 22.4. The average Bonchev–Trinajstić information content (AvgIpc) is 3.41. The summed E-state index contributed by atoms with van der Waals surface area (Å²) in [7, 11) is 0. The number of nitrogens with zero attached hydrogens (tertiary/aromatic N) is 4. The molecule has 0 spiro atoms. The zero-order valence-electron chi connectivity index (χ0n) is 18.7. The average molecular weight is 474 g/mol. The largest absolute Gasteiger partial charge is 0.365 e. The van der Waals surface area contributed by atoms with Crippen molar-refractivity contribution in [3.63, 3.8) is 0 Å². The number of urea groups is 1. The molecule has 0 radical (unpaired) electrons. The van der Waals surface area contributed by atoms with Crippen LogP contribution < -0.4 is 10.6 Å². The third kappa shape index (κ3) is 4.64. The Morgan fingerprint density at radius 1 is 1.18 bits per heavy atom. The zero-order valence-corrected chi connectivity index (χ0v) is 18.7. The van der Waals surface area contributed by atoms with Crippen molar-refractivity contribution >= 4 is 22.9 Å². The second-order valence-corrected chi connectivity index (χ2v) is 9.27. The first-order valence-corrected chi connectivity index (χ1v) is 11.5. The van der Waals surface area contributed by atoms with Crippen LogP contribution in [0.15, 0.2) is 24.7 Å². The number of carbonyl (C=O) groups excluding carboxylic acids is 1. The number of hydrogen-bond acceptors (Lipinski definition) is 5. The molecule has 2 aliphatic rings. The van der Waals surface area contributed by atoms with Crippen LogP contribution in [0.3, 0.4) is 0 Å². The van der Waals surface area contributed by atoms with Gasteiger partial charge in [-0.25, -0.2) is 32.9 Å². The number of aromatic nitrogens is 4.